The second-order valence-corrected chi connectivity index (χ2v) is 7.79. The molecule has 154 valence electrons. The van der Waals surface area contributed by atoms with Crippen LogP contribution in [0, 0.1) is 5.82 Å². The molecule has 0 saturated carbocycles. The van der Waals surface area contributed by atoms with Crippen molar-refractivity contribution < 1.29 is 14.4 Å². The van der Waals surface area contributed by atoms with Crippen molar-refractivity contribution in [2.24, 2.45) is 0 Å². The number of hydrogen-bond acceptors (Lipinski definition) is 2. The molecule has 0 aliphatic carbocycles. The van der Waals surface area contributed by atoms with Gasteiger partial charge < -0.3 is 10.0 Å². The molecule has 5 rings (SSSR count). The lowest BCUT2D eigenvalue weighted by Crippen LogP contribution is -2.29. The van der Waals surface area contributed by atoms with Crippen molar-refractivity contribution in [1.82, 2.24) is 0 Å². The summed E-state index contributed by atoms with van der Waals surface area (Å²) in [6.45, 7) is 0. The Balaban J connectivity index is 1.58. The summed E-state index contributed by atoms with van der Waals surface area (Å²) in [5.74, 6) is -0.244. The Hall–Kier alpha value is -3.73. The van der Waals surface area contributed by atoms with E-state index in [1.165, 1.54) is 12.1 Å². The van der Waals surface area contributed by atoms with E-state index in [1.54, 1.807) is 12.1 Å². The number of rotatable bonds is 4. The maximum Gasteiger partial charge on any atom is 0.488 e. The summed E-state index contributed by atoms with van der Waals surface area (Å²) >= 11 is 0. The van der Waals surface area contributed by atoms with Gasteiger partial charge in [-0.1, -0.05) is 97.1 Å². The monoisotopic (exact) mass is 418 g/mol. The molecule has 0 bridgehead atoms. The maximum atomic E-state index is 13.5. The van der Waals surface area contributed by atoms with Gasteiger partial charge in [-0.2, -0.15) is 0 Å². The van der Waals surface area contributed by atoms with Crippen molar-refractivity contribution in [1.29, 1.82) is 0 Å². The van der Waals surface area contributed by atoms with Gasteiger partial charge in [-0.05, 0) is 61.7 Å². The Morgan fingerprint density at radius 2 is 0.938 bits per heavy atom. The average Bonchev–Trinajstić information content (AvgIpc) is 2.84. The van der Waals surface area contributed by atoms with Crippen LogP contribution in [0.25, 0.3) is 44.2 Å². The molecule has 0 radical (unpaired) electrons. The van der Waals surface area contributed by atoms with E-state index in [1.807, 2.05) is 30.3 Å². The predicted octanol–water partition coefficient (Wildman–Crippen LogP) is 5.66. The summed E-state index contributed by atoms with van der Waals surface area (Å²) in [4.78, 5) is 0. The van der Waals surface area contributed by atoms with Gasteiger partial charge in [0, 0.05) is 0 Å². The van der Waals surface area contributed by atoms with Gasteiger partial charge in [-0.25, -0.2) is 4.39 Å². The fourth-order valence-electron chi connectivity index (χ4n) is 4.14. The minimum absolute atomic E-state index is 0.244. The molecule has 0 atom stereocenters. The summed E-state index contributed by atoms with van der Waals surface area (Å²) in [7, 11) is -1.46. The van der Waals surface area contributed by atoms with Gasteiger partial charge in [0.2, 0.25) is 0 Å². The lowest BCUT2D eigenvalue weighted by atomic mass is 9.80. The molecule has 4 heteroatoms. The molecule has 0 aromatic heterocycles. The first-order valence-corrected chi connectivity index (χ1v) is 10.4. The quantitative estimate of drug-likeness (QED) is 0.370. The van der Waals surface area contributed by atoms with E-state index in [2.05, 4.69) is 54.6 Å². The Bertz CT molecular complexity index is 1370. The average molecular weight is 418 g/mol. The van der Waals surface area contributed by atoms with E-state index < -0.39 is 7.12 Å². The Morgan fingerprint density at radius 3 is 1.44 bits per heavy atom. The van der Waals surface area contributed by atoms with Gasteiger partial charge in [0.1, 0.15) is 5.82 Å². The van der Waals surface area contributed by atoms with Crippen molar-refractivity contribution in [3.63, 3.8) is 0 Å². The van der Waals surface area contributed by atoms with Gasteiger partial charge >= 0.3 is 7.12 Å². The SMILES string of the molecule is OB(O)c1ccc(-c2ccc(-c3cccc4cccc(-c5ccc(F)cc5)c34)cc2)cc1. The number of hydrogen-bond donors (Lipinski definition) is 2. The molecule has 0 saturated heterocycles. The minimum atomic E-state index is -1.46. The highest BCUT2D eigenvalue weighted by Crippen LogP contribution is 2.37. The summed E-state index contributed by atoms with van der Waals surface area (Å²) in [5.41, 5.74) is 6.78. The highest BCUT2D eigenvalue weighted by Gasteiger charge is 2.12. The molecule has 32 heavy (non-hydrogen) atoms. The zero-order chi connectivity index (χ0) is 22.1. The Morgan fingerprint density at radius 1 is 0.500 bits per heavy atom. The van der Waals surface area contributed by atoms with Gasteiger partial charge in [-0.3, -0.25) is 0 Å². The fraction of sp³-hybridized carbons (Fsp3) is 0. The molecule has 0 fully saturated rings. The molecule has 0 unspecified atom stereocenters. The third-order valence-corrected chi connectivity index (χ3v) is 5.80. The predicted molar refractivity (Wildman–Crippen MR) is 130 cm³/mol. The lowest BCUT2D eigenvalue weighted by Gasteiger charge is -2.13. The first-order valence-electron chi connectivity index (χ1n) is 10.4. The normalized spacial score (nSPS) is 11.0. The van der Waals surface area contributed by atoms with Gasteiger partial charge in [0.05, 0.1) is 0 Å². The molecule has 2 N–H and O–H groups in total. The van der Waals surface area contributed by atoms with Gasteiger partial charge in [0.25, 0.3) is 0 Å². The van der Waals surface area contributed by atoms with Crippen LogP contribution in [-0.2, 0) is 0 Å². The molecular formula is C28H20BFO2. The van der Waals surface area contributed by atoms with Crippen LogP contribution in [0.2, 0.25) is 0 Å². The van der Waals surface area contributed by atoms with Crippen LogP contribution in [0.1, 0.15) is 0 Å². The second-order valence-electron chi connectivity index (χ2n) is 7.79. The molecule has 0 amide bonds. The third-order valence-electron chi connectivity index (χ3n) is 5.80. The summed E-state index contributed by atoms with van der Waals surface area (Å²) in [6, 6.07) is 34.6. The van der Waals surface area contributed by atoms with Crippen LogP contribution < -0.4 is 5.46 Å². The topological polar surface area (TPSA) is 40.5 Å². The molecule has 5 aromatic rings. The molecule has 0 spiro atoms. The van der Waals surface area contributed by atoms with Crippen LogP contribution in [0.4, 0.5) is 4.39 Å². The number of halogens is 1. The molecule has 2 nitrogen and oxygen atoms in total. The fourth-order valence-corrected chi connectivity index (χ4v) is 4.14. The largest absolute Gasteiger partial charge is 0.488 e. The van der Waals surface area contributed by atoms with E-state index >= 15 is 0 Å². The van der Waals surface area contributed by atoms with Crippen LogP contribution in [0.3, 0.4) is 0 Å². The van der Waals surface area contributed by atoms with E-state index in [9.17, 15) is 14.4 Å². The first-order chi connectivity index (χ1) is 15.6. The van der Waals surface area contributed by atoms with E-state index in [0.29, 0.717) is 5.46 Å². The lowest BCUT2D eigenvalue weighted by molar-refractivity contribution is 0.426. The molecule has 0 aliphatic rings. The van der Waals surface area contributed by atoms with Crippen LogP contribution >= 0.6 is 0 Å². The van der Waals surface area contributed by atoms with E-state index in [0.717, 1.165) is 44.2 Å². The summed E-state index contributed by atoms with van der Waals surface area (Å²) in [6.07, 6.45) is 0. The molecule has 5 aromatic carbocycles. The highest BCUT2D eigenvalue weighted by molar-refractivity contribution is 6.58. The molecule has 0 aliphatic heterocycles. The zero-order valence-electron chi connectivity index (χ0n) is 17.2. The Kier molecular flexibility index (Phi) is 5.32. The van der Waals surface area contributed by atoms with Crippen molar-refractivity contribution in [3.8, 4) is 33.4 Å². The first kappa shape index (κ1) is 20.2. The van der Waals surface area contributed by atoms with Crippen molar-refractivity contribution in [2.75, 3.05) is 0 Å². The van der Waals surface area contributed by atoms with Crippen molar-refractivity contribution in [3.05, 3.63) is 115 Å². The van der Waals surface area contributed by atoms with Crippen molar-refractivity contribution >= 4 is 23.4 Å². The summed E-state index contributed by atoms with van der Waals surface area (Å²) in [5, 5.41) is 20.8. The standard InChI is InChI=1S/C28H20BFO2/c30-25-17-13-22(14-18-25)27-6-2-4-23-3-1-5-26(28(23)27)21-9-7-19(8-10-21)20-11-15-24(16-12-20)29(31)32/h1-18,31-32H. The van der Waals surface area contributed by atoms with E-state index in [-0.39, 0.29) is 5.82 Å². The van der Waals surface area contributed by atoms with Crippen molar-refractivity contribution in [2.45, 2.75) is 0 Å². The zero-order valence-corrected chi connectivity index (χ0v) is 17.2. The second kappa shape index (κ2) is 8.43. The van der Waals surface area contributed by atoms with E-state index in [4.69, 9.17) is 0 Å². The molecule has 0 heterocycles. The smallest absolute Gasteiger partial charge is 0.423 e. The summed E-state index contributed by atoms with van der Waals surface area (Å²) < 4.78 is 13.5. The van der Waals surface area contributed by atoms with Crippen LogP contribution in [-0.4, -0.2) is 17.2 Å². The molecular weight excluding hydrogens is 398 g/mol. The number of benzene rings is 5. The number of fused-ring (bicyclic) bond motifs is 1. The minimum Gasteiger partial charge on any atom is -0.423 e. The van der Waals surface area contributed by atoms with Crippen LogP contribution in [0.15, 0.2) is 109 Å². The Labute approximate surface area is 186 Å². The van der Waals surface area contributed by atoms with Crippen LogP contribution in [0.5, 0.6) is 0 Å². The van der Waals surface area contributed by atoms with Gasteiger partial charge in [-0.15, -0.1) is 0 Å². The maximum absolute atomic E-state index is 13.5. The highest BCUT2D eigenvalue weighted by atomic mass is 19.1. The van der Waals surface area contributed by atoms with Gasteiger partial charge in [0.15, 0.2) is 0 Å². The third kappa shape index (κ3) is 3.82.